The van der Waals surface area contributed by atoms with Gasteiger partial charge in [-0.1, -0.05) is 48.0 Å². The molecule has 0 atom stereocenters. The molecule has 2 aromatic carbocycles. The molecule has 9 heteroatoms. The molecule has 0 bridgehead atoms. The number of ether oxygens (including phenoxy) is 1. The first-order chi connectivity index (χ1) is 16.3. The highest BCUT2D eigenvalue weighted by Gasteiger charge is 2.21. The van der Waals surface area contributed by atoms with Crippen LogP contribution in [0, 0.1) is 33.5 Å². The van der Waals surface area contributed by atoms with Crippen molar-refractivity contribution in [3.8, 4) is 11.3 Å². The summed E-state index contributed by atoms with van der Waals surface area (Å²) >= 11 is 5.87. The average Bonchev–Trinajstić information content (AvgIpc) is 2.73. The van der Waals surface area contributed by atoms with Gasteiger partial charge in [-0.15, -0.1) is 0 Å². The van der Waals surface area contributed by atoms with Crippen LogP contribution in [0.2, 0.25) is 5.15 Å². The summed E-state index contributed by atoms with van der Waals surface area (Å²) in [5.74, 6) is -0.850. The first-order valence-electron chi connectivity index (χ1n) is 11.0. The lowest BCUT2D eigenvalue weighted by molar-refractivity contribution is 0.0634. The Balaban J connectivity index is 0.000000328. The highest BCUT2D eigenvalue weighted by Crippen LogP contribution is 2.31. The fourth-order valence-electron chi connectivity index (χ4n) is 3.30. The number of aryl methyl sites for hydroxylation is 4. The molecular weight excluding hydrogens is 471 g/mol. The highest BCUT2D eigenvalue weighted by atomic mass is 35.5. The van der Waals surface area contributed by atoms with E-state index in [1.807, 2.05) is 64.1 Å². The molecule has 1 aromatic heterocycles. The van der Waals surface area contributed by atoms with Crippen molar-refractivity contribution in [3.05, 3.63) is 69.6 Å². The number of halogens is 2. The molecule has 0 spiro atoms. The molecule has 0 saturated heterocycles. The summed E-state index contributed by atoms with van der Waals surface area (Å²) in [6.45, 7) is 13.0. The number of nitrogens with zero attached hydrogens (tertiary/aromatic N) is 2. The topological polar surface area (TPSA) is 85.4 Å². The third-order valence-corrected chi connectivity index (χ3v) is 5.08. The summed E-state index contributed by atoms with van der Waals surface area (Å²) in [4.78, 5) is 24.6. The lowest BCUT2D eigenvalue weighted by Gasteiger charge is -2.19. The molecule has 0 radical (unpaired) electrons. The molecule has 188 valence electrons. The van der Waals surface area contributed by atoms with Gasteiger partial charge in [-0.05, 0) is 70.7 Å². The van der Waals surface area contributed by atoms with Gasteiger partial charge in [0.2, 0.25) is 5.95 Å². The Morgan fingerprint density at radius 3 is 1.94 bits per heavy atom. The minimum absolute atomic E-state index is 0.0386. The molecule has 3 rings (SSSR count). The second-order valence-corrected chi connectivity index (χ2v) is 9.33. The van der Waals surface area contributed by atoms with Crippen molar-refractivity contribution < 1.29 is 18.8 Å². The van der Waals surface area contributed by atoms with E-state index in [2.05, 4.69) is 20.8 Å². The van der Waals surface area contributed by atoms with Crippen LogP contribution in [-0.4, -0.2) is 28.8 Å². The lowest BCUT2D eigenvalue weighted by Crippen LogP contribution is -2.28. The van der Waals surface area contributed by atoms with Crippen LogP contribution in [0.4, 0.5) is 20.8 Å². The van der Waals surface area contributed by atoms with Crippen molar-refractivity contribution >= 4 is 29.3 Å². The van der Waals surface area contributed by atoms with Gasteiger partial charge < -0.3 is 4.74 Å². The summed E-state index contributed by atoms with van der Waals surface area (Å²) in [7, 11) is 1.62. The van der Waals surface area contributed by atoms with Gasteiger partial charge in [0.05, 0.1) is 12.8 Å². The first kappa shape index (κ1) is 28.0. The van der Waals surface area contributed by atoms with Gasteiger partial charge in [0.15, 0.2) is 11.0 Å². The van der Waals surface area contributed by atoms with E-state index in [9.17, 15) is 9.18 Å². The number of para-hydroxylation sites is 1. The number of hydrogen-bond acceptors (Lipinski definition) is 6. The zero-order valence-electron chi connectivity index (χ0n) is 21.3. The molecule has 0 unspecified atom stereocenters. The van der Waals surface area contributed by atoms with Gasteiger partial charge in [0.1, 0.15) is 11.3 Å². The molecule has 7 nitrogen and oxygen atoms in total. The maximum atomic E-state index is 14.4. The van der Waals surface area contributed by atoms with Crippen molar-refractivity contribution in [3.63, 3.8) is 0 Å². The van der Waals surface area contributed by atoms with Crippen LogP contribution >= 0.6 is 11.6 Å². The Morgan fingerprint density at radius 2 is 1.46 bits per heavy atom. The standard InChI is InChI=1S/C17H19ClFN3O2.C9H13NO/c1-9-7-6-8-10(2)11(9)13-12(19)14(18)21-15(20-13)22-16(23)24-17(3,4)5;1-7-5-4-6-8(2)9(7)10-11-3/h6-8H,1-5H3,(H,20,21,22,23);4-6,10H,1-3H3. The zero-order valence-corrected chi connectivity index (χ0v) is 22.1. The van der Waals surface area contributed by atoms with E-state index >= 15 is 0 Å². The van der Waals surface area contributed by atoms with Gasteiger partial charge in [-0.3, -0.25) is 15.6 Å². The number of carbonyl (C=O) groups excluding carboxylic acids is 1. The predicted octanol–water partition coefficient (Wildman–Crippen LogP) is 7.18. The molecule has 3 aromatic rings. The van der Waals surface area contributed by atoms with Crippen molar-refractivity contribution in [1.82, 2.24) is 9.97 Å². The Bertz CT molecular complexity index is 1160. The van der Waals surface area contributed by atoms with Gasteiger partial charge >= 0.3 is 6.09 Å². The maximum absolute atomic E-state index is 14.4. The van der Waals surface area contributed by atoms with E-state index < -0.39 is 17.5 Å². The van der Waals surface area contributed by atoms with Crippen molar-refractivity contribution in [1.29, 1.82) is 0 Å². The number of rotatable bonds is 4. The van der Waals surface area contributed by atoms with Gasteiger partial charge in [-0.2, -0.15) is 4.98 Å². The molecule has 0 aliphatic carbocycles. The molecular formula is C26H32ClFN4O3. The van der Waals surface area contributed by atoms with E-state index in [-0.39, 0.29) is 16.8 Å². The normalized spacial score (nSPS) is 10.8. The lowest BCUT2D eigenvalue weighted by atomic mass is 10.00. The molecule has 35 heavy (non-hydrogen) atoms. The van der Waals surface area contributed by atoms with Crippen molar-refractivity contribution in [2.45, 2.75) is 54.1 Å². The monoisotopic (exact) mass is 502 g/mol. The maximum Gasteiger partial charge on any atom is 0.414 e. The van der Waals surface area contributed by atoms with Crippen LogP contribution in [0.15, 0.2) is 36.4 Å². The van der Waals surface area contributed by atoms with Crippen LogP contribution in [0.3, 0.4) is 0 Å². The zero-order chi connectivity index (χ0) is 26.3. The summed E-state index contributed by atoms with van der Waals surface area (Å²) < 4.78 is 19.6. The molecule has 0 fully saturated rings. The second-order valence-electron chi connectivity index (χ2n) is 8.97. The quantitative estimate of drug-likeness (QED) is 0.290. The van der Waals surface area contributed by atoms with Crippen LogP contribution in [0.25, 0.3) is 11.3 Å². The van der Waals surface area contributed by atoms with Crippen molar-refractivity contribution in [2.24, 2.45) is 0 Å². The van der Waals surface area contributed by atoms with Crippen LogP contribution in [0.5, 0.6) is 0 Å². The molecule has 1 heterocycles. The summed E-state index contributed by atoms with van der Waals surface area (Å²) in [6, 6.07) is 11.7. The number of benzene rings is 2. The van der Waals surface area contributed by atoms with E-state index in [0.717, 1.165) is 16.8 Å². The summed E-state index contributed by atoms with van der Waals surface area (Å²) in [5, 5.41) is 2.01. The van der Waals surface area contributed by atoms with Crippen LogP contribution in [-0.2, 0) is 9.57 Å². The fraction of sp³-hybridized carbons (Fsp3) is 0.346. The predicted molar refractivity (Wildman–Crippen MR) is 138 cm³/mol. The van der Waals surface area contributed by atoms with Crippen molar-refractivity contribution in [2.75, 3.05) is 17.9 Å². The van der Waals surface area contributed by atoms with Crippen LogP contribution < -0.4 is 10.8 Å². The third-order valence-electron chi connectivity index (χ3n) is 4.83. The number of hydrogen-bond donors (Lipinski definition) is 2. The average molecular weight is 503 g/mol. The Morgan fingerprint density at radius 1 is 0.943 bits per heavy atom. The minimum atomic E-state index is -0.738. The largest absolute Gasteiger partial charge is 0.444 e. The Labute approximate surface area is 211 Å². The highest BCUT2D eigenvalue weighted by molar-refractivity contribution is 6.30. The molecule has 0 saturated carbocycles. The molecule has 0 aliphatic heterocycles. The molecule has 1 amide bonds. The fourth-order valence-corrected chi connectivity index (χ4v) is 3.47. The Hall–Kier alpha value is -3.23. The molecule has 2 N–H and O–H groups in total. The second kappa shape index (κ2) is 12.0. The van der Waals surface area contributed by atoms with Gasteiger partial charge in [-0.25, -0.2) is 14.2 Å². The smallest absolute Gasteiger partial charge is 0.414 e. The number of amides is 1. The SMILES string of the molecule is CONc1c(C)cccc1C.Cc1cccc(C)c1-c1nc(NC(=O)OC(C)(C)C)nc(Cl)c1F. The van der Waals surface area contributed by atoms with Gasteiger partial charge in [0, 0.05) is 5.56 Å². The van der Waals surface area contributed by atoms with E-state index in [1.165, 1.54) is 11.1 Å². The third kappa shape index (κ3) is 7.90. The molecule has 0 aliphatic rings. The first-order valence-corrected chi connectivity index (χ1v) is 11.4. The number of nitrogens with one attached hydrogen (secondary N) is 2. The van der Waals surface area contributed by atoms with E-state index in [0.29, 0.717) is 5.56 Å². The summed E-state index contributed by atoms with van der Waals surface area (Å²) in [5.41, 5.74) is 7.97. The number of aromatic nitrogens is 2. The van der Waals surface area contributed by atoms with Gasteiger partial charge in [0.25, 0.3) is 0 Å². The van der Waals surface area contributed by atoms with E-state index in [1.54, 1.807) is 27.9 Å². The summed E-state index contributed by atoms with van der Waals surface area (Å²) in [6.07, 6.45) is -0.738. The van der Waals surface area contributed by atoms with Crippen LogP contribution in [0.1, 0.15) is 43.0 Å². The minimum Gasteiger partial charge on any atom is -0.444 e. The Kier molecular flexibility index (Phi) is 9.56. The number of carbonyl (C=O) groups is 1. The number of anilines is 2. The van der Waals surface area contributed by atoms with E-state index in [4.69, 9.17) is 21.2 Å².